The number of halogens is 2. The highest BCUT2D eigenvalue weighted by Gasteiger charge is 2.11. The maximum atomic E-state index is 13.4. The van der Waals surface area contributed by atoms with Gasteiger partial charge in [-0.1, -0.05) is 0 Å². The molecule has 0 radical (unpaired) electrons. The smallest absolute Gasteiger partial charge is 0.131 e. The highest BCUT2D eigenvalue weighted by atomic mass is 19.1. The lowest BCUT2D eigenvalue weighted by Gasteiger charge is -2.11. The molecule has 0 aromatic heterocycles. The molecule has 0 fully saturated rings. The molecule has 0 spiro atoms. The maximum Gasteiger partial charge on any atom is 0.131 e. The molecule has 0 aliphatic rings. The third kappa shape index (κ3) is 2.99. The standard InChI is InChI=1S/C11H12F2N2O/c1-7(6-16)15-5-9-10(12)2-8(4-14)3-11(9)13/h2-3,7,15-16H,5-6H2,1H3. The number of hydrogen-bond donors (Lipinski definition) is 2. The zero-order valence-corrected chi connectivity index (χ0v) is 8.80. The predicted octanol–water partition coefficient (Wildman–Crippen LogP) is 1.31. The summed E-state index contributed by atoms with van der Waals surface area (Å²) in [6.45, 7) is 1.56. The van der Waals surface area contributed by atoms with E-state index >= 15 is 0 Å². The topological polar surface area (TPSA) is 56.0 Å². The first-order chi connectivity index (χ1) is 7.58. The third-order valence-electron chi connectivity index (χ3n) is 2.17. The fourth-order valence-electron chi connectivity index (χ4n) is 1.18. The van der Waals surface area contributed by atoms with Crippen molar-refractivity contribution in [3.8, 4) is 6.07 Å². The van der Waals surface area contributed by atoms with Crippen LogP contribution in [0.4, 0.5) is 8.78 Å². The second-order valence-corrected chi connectivity index (χ2v) is 3.49. The lowest BCUT2D eigenvalue weighted by atomic mass is 10.1. The molecule has 2 N–H and O–H groups in total. The zero-order valence-electron chi connectivity index (χ0n) is 8.80. The van der Waals surface area contributed by atoms with Gasteiger partial charge in [0.05, 0.1) is 18.2 Å². The van der Waals surface area contributed by atoms with Gasteiger partial charge in [-0.2, -0.15) is 5.26 Å². The Bertz CT molecular complexity index is 392. The molecule has 1 atom stereocenters. The molecule has 1 aromatic carbocycles. The molecule has 0 bridgehead atoms. The van der Waals surface area contributed by atoms with Crippen LogP contribution in [0.15, 0.2) is 12.1 Å². The van der Waals surface area contributed by atoms with Crippen LogP contribution in [0.3, 0.4) is 0 Å². The Balaban J connectivity index is 2.85. The van der Waals surface area contributed by atoms with Gasteiger partial charge in [0, 0.05) is 18.2 Å². The first-order valence-electron chi connectivity index (χ1n) is 4.80. The Morgan fingerprint density at radius 3 is 2.44 bits per heavy atom. The molecule has 0 saturated carbocycles. The largest absolute Gasteiger partial charge is 0.395 e. The molecule has 0 aliphatic heterocycles. The van der Waals surface area contributed by atoms with Crippen molar-refractivity contribution in [1.82, 2.24) is 5.32 Å². The first-order valence-corrected chi connectivity index (χ1v) is 4.80. The Labute approximate surface area is 92.3 Å². The van der Waals surface area contributed by atoms with Gasteiger partial charge in [-0.05, 0) is 19.1 Å². The number of rotatable bonds is 4. The van der Waals surface area contributed by atoms with Gasteiger partial charge < -0.3 is 10.4 Å². The van der Waals surface area contributed by atoms with E-state index in [1.165, 1.54) is 0 Å². The molecule has 16 heavy (non-hydrogen) atoms. The third-order valence-corrected chi connectivity index (χ3v) is 2.17. The summed E-state index contributed by atoms with van der Waals surface area (Å²) in [5.41, 5.74) is -0.173. The van der Waals surface area contributed by atoms with Crippen molar-refractivity contribution in [3.05, 3.63) is 34.9 Å². The van der Waals surface area contributed by atoms with Gasteiger partial charge in [-0.3, -0.25) is 0 Å². The van der Waals surface area contributed by atoms with E-state index in [-0.39, 0.29) is 30.3 Å². The molecule has 86 valence electrons. The summed E-state index contributed by atoms with van der Waals surface area (Å²) in [5, 5.41) is 20.0. The summed E-state index contributed by atoms with van der Waals surface area (Å²) < 4.78 is 26.7. The fourth-order valence-corrected chi connectivity index (χ4v) is 1.18. The number of hydrogen-bond acceptors (Lipinski definition) is 3. The van der Waals surface area contributed by atoms with Gasteiger partial charge in [-0.15, -0.1) is 0 Å². The molecule has 1 aromatic rings. The Hall–Kier alpha value is -1.51. The molecular formula is C11H12F2N2O. The van der Waals surface area contributed by atoms with Crippen molar-refractivity contribution in [2.45, 2.75) is 19.5 Å². The molecule has 1 rings (SSSR count). The average molecular weight is 226 g/mol. The van der Waals surface area contributed by atoms with Crippen LogP contribution in [-0.4, -0.2) is 17.8 Å². The second kappa shape index (κ2) is 5.54. The van der Waals surface area contributed by atoms with Crippen LogP contribution in [0, 0.1) is 23.0 Å². The van der Waals surface area contributed by atoms with E-state index in [0.717, 1.165) is 12.1 Å². The van der Waals surface area contributed by atoms with Crippen LogP contribution in [-0.2, 0) is 6.54 Å². The Morgan fingerprint density at radius 2 is 2.00 bits per heavy atom. The summed E-state index contributed by atoms with van der Waals surface area (Å²) in [7, 11) is 0. The molecule has 0 aliphatic carbocycles. The van der Waals surface area contributed by atoms with Crippen LogP contribution in [0.5, 0.6) is 0 Å². The zero-order chi connectivity index (χ0) is 12.1. The highest BCUT2D eigenvalue weighted by molar-refractivity contribution is 5.34. The van der Waals surface area contributed by atoms with E-state index in [1.54, 1.807) is 13.0 Å². The molecule has 5 heteroatoms. The SMILES string of the molecule is CC(CO)NCc1c(F)cc(C#N)cc1F. The molecule has 0 heterocycles. The van der Waals surface area contributed by atoms with Crippen molar-refractivity contribution < 1.29 is 13.9 Å². The summed E-state index contributed by atoms with van der Waals surface area (Å²) >= 11 is 0. The number of nitrogens with zero attached hydrogens (tertiary/aromatic N) is 1. The van der Waals surface area contributed by atoms with Crippen LogP contribution < -0.4 is 5.32 Å². The summed E-state index contributed by atoms with van der Waals surface area (Å²) in [5.74, 6) is -1.51. The lowest BCUT2D eigenvalue weighted by Crippen LogP contribution is -2.29. The van der Waals surface area contributed by atoms with Crippen LogP contribution in [0.25, 0.3) is 0 Å². The first kappa shape index (κ1) is 12.6. The van der Waals surface area contributed by atoms with Crippen molar-refractivity contribution in [2.75, 3.05) is 6.61 Å². The quantitative estimate of drug-likeness (QED) is 0.813. The molecule has 3 nitrogen and oxygen atoms in total. The molecule has 0 amide bonds. The Morgan fingerprint density at radius 1 is 1.44 bits per heavy atom. The Kier molecular flexibility index (Phi) is 4.35. The second-order valence-electron chi connectivity index (χ2n) is 3.49. The van der Waals surface area contributed by atoms with Gasteiger partial charge in [-0.25, -0.2) is 8.78 Å². The average Bonchev–Trinajstić information content (AvgIpc) is 2.27. The van der Waals surface area contributed by atoms with E-state index in [1.807, 2.05) is 0 Å². The van der Waals surface area contributed by atoms with Crippen molar-refractivity contribution in [1.29, 1.82) is 5.26 Å². The van der Waals surface area contributed by atoms with E-state index in [2.05, 4.69) is 5.32 Å². The fraction of sp³-hybridized carbons (Fsp3) is 0.364. The van der Waals surface area contributed by atoms with E-state index in [9.17, 15) is 8.78 Å². The van der Waals surface area contributed by atoms with E-state index in [4.69, 9.17) is 10.4 Å². The normalized spacial score (nSPS) is 12.2. The summed E-state index contributed by atoms with van der Waals surface area (Å²) in [4.78, 5) is 0. The number of nitrogens with one attached hydrogen (secondary N) is 1. The van der Waals surface area contributed by atoms with Crippen molar-refractivity contribution >= 4 is 0 Å². The van der Waals surface area contributed by atoms with E-state index < -0.39 is 11.6 Å². The minimum absolute atomic E-state index is 0.0227. The van der Waals surface area contributed by atoms with Crippen LogP contribution in [0.2, 0.25) is 0 Å². The number of aliphatic hydroxyl groups is 1. The van der Waals surface area contributed by atoms with Crippen LogP contribution >= 0.6 is 0 Å². The number of nitriles is 1. The van der Waals surface area contributed by atoms with Crippen LogP contribution in [0.1, 0.15) is 18.1 Å². The van der Waals surface area contributed by atoms with Gasteiger partial charge in [0.25, 0.3) is 0 Å². The van der Waals surface area contributed by atoms with Gasteiger partial charge in [0.1, 0.15) is 11.6 Å². The van der Waals surface area contributed by atoms with Gasteiger partial charge >= 0.3 is 0 Å². The molecule has 0 saturated heterocycles. The molecular weight excluding hydrogens is 214 g/mol. The maximum absolute atomic E-state index is 13.4. The molecule has 1 unspecified atom stereocenters. The minimum Gasteiger partial charge on any atom is -0.395 e. The van der Waals surface area contributed by atoms with E-state index in [0.29, 0.717) is 0 Å². The lowest BCUT2D eigenvalue weighted by molar-refractivity contribution is 0.250. The monoisotopic (exact) mass is 226 g/mol. The predicted molar refractivity (Wildman–Crippen MR) is 54.5 cm³/mol. The summed E-state index contributed by atoms with van der Waals surface area (Å²) in [6, 6.07) is 3.41. The minimum atomic E-state index is -0.755. The summed E-state index contributed by atoms with van der Waals surface area (Å²) in [6.07, 6.45) is 0. The van der Waals surface area contributed by atoms with Gasteiger partial charge in [0.2, 0.25) is 0 Å². The van der Waals surface area contributed by atoms with Gasteiger partial charge in [0.15, 0.2) is 0 Å². The van der Waals surface area contributed by atoms with Crippen molar-refractivity contribution in [3.63, 3.8) is 0 Å². The highest BCUT2D eigenvalue weighted by Crippen LogP contribution is 2.15. The number of aliphatic hydroxyl groups excluding tert-OH is 1. The number of benzene rings is 1. The van der Waals surface area contributed by atoms with Crippen molar-refractivity contribution in [2.24, 2.45) is 0 Å².